The largest absolute Gasteiger partial charge is 0.378 e. The lowest BCUT2D eigenvalue weighted by Gasteiger charge is -2.27. The number of rotatable bonds is 6. The fourth-order valence-electron chi connectivity index (χ4n) is 3.35. The molecule has 1 aliphatic heterocycles. The quantitative estimate of drug-likeness (QED) is 0.432. The van der Waals surface area contributed by atoms with Crippen LogP contribution in [0.3, 0.4) is 0 Å². The molecule has 0 saturated carbocycles. The SMILES string of the molecule is CN(C)c1cc(-c2ccccc2)nc(SCc2cccc(C(=O)N3CCOCC3)c2)n1. The van der Waals surface area contributed by atoms with Crippen molar-refractivity contribution >= 4 is 23.5 Å². The lowest BCUT2D eigenvalue weighted by molar-refractivity contribution is 0.0303. The number of amides is 1. The van der Waals surface area contributed by atoms with Crippen molar-refractivity contribution in [3.63, 3.8) is 0 Å². The highest BCUT2D eigenvalue weighted by atomic mass is 32.2. The van der Waals surface area contributed by atoms with Crippen LogP contribution in [0.1, 0.15) is 15.9 Å². The molecule has 0 atom stereocenters. The number of ether oxygens (including phenoxy) is 1. The maximum absolute atomic E-state index is 12.8. The van der Waals surface area contributed by atoms with Crippen molar-refractivity contribution in [3.05, 3.63) is 71.8 Å². The fraction of sp³-hybridized carbons (Fsp3) is 0.292. The molecule has 2 aromatic carbocycles. The number of thioether (sulfide) groups is 1. The summed E-state index contributed by atoms with van der Waals surface area (Å²) in [6, 6.07) is 20.0. The highest BCUT2D eigenvalue weighted by molar-refractivity contribution is 7.98. The van der Waals surface area contributed by atoms with E-state index in [-0.39, 0.29) is 5.91 Å². The van der Waals surface area contributed by atoms with Gasteiger partial charge in [0.25, 0.3) is 5.91 Å². The zero-order chi connectivity index (χ0) is 21.6. The van der Waals surface area contributed by atoms with Gasteiger partial charge in [0.15, 0.2) is 5.16 Å². The minimum atomic E-state index is 0.0624. The number of morpholine rings is 1. The van der Waals surface area contributed by atoms with Crippen LogP contribution in [0, 0.1) is 0 Å². The molecule has 2 heterocycles. The molecule has 6 nitrogen and oxygen atoms in total. The topological polar surface area (TPSA) is 58.6 Å². The summed E-state index contributed by atoms with van der Waals surface area (Å²) in [5.74, 6) is 1.62. The first-order chi connectivity index (χ1) is 15.1. The van der Waals surface area contributed by atoms with Crippen molar-refractivity contribution in [1.29, 1.82) is 0 Å². The number of hydrogen-bond acceptors (Lipinski definition) is 6. The lowest BCUT2D eigenvalue weighted by Crippen LogP contribution is -2.40. The first kappa shape index (κ1) is 21.3. The standard InChI is InChI=1S/C24H26N4O2S/c1-27(2)22-16-21(19-8-4-3-5-9-19)25-24(26-22)31-17-18-7-6-10-20(15-18)23(29)28-11-13-30-14-12-28/h3-10,15-16H,11-14,17H2,1-2H3. The number of hydrogen-bond donors (Lipinski definition) is 0. The van der Waals surface area contributed by atoms with Crippen LogP contribution < -0.4 is 4.90 Å². The third-order valence-electron chi connectivity index (χ3n) is 5.06. The van der Waals surface area contributed by atoms with Crippen LogP contribution >= 0.6 is 11.8 Å². The summed E-state index contributed by atoms with van der Waals surface area (Å²) in [5, 5.41) is 0.718. The Kier molecular flexibility index (Phi) is 6.84. The fourth-order valence-corrected chi connectivity index (χ4v) is 4.15. The van der Waals surface area contributed by atoms with Crippen LogP contribution in [0.15, 0.2) is 65.8 Å². The van der Waals surface area contributed by atoms with Gasteiger partial charge in [-0.3, -0.25) is 4.79 Å². The molecular formula is C24H26N4O2S. The van der Waals surface area contributed by atoms with E-state index in [4.69, 9.17) is 14.7 Å². The van der Waals surface area contributed by atoms with Gasteiger partial charge >= 0.3 is 0 Å². The number of carbonyl (C=O) groups is 1. The maximum Gasteiger partial charge on any atom is 0.254 e. The molecule has 0 unspecified atom stereocenters. The molecule has 3 aromatic rings. The molecule has 0 bridgehead atoms. The Labute approximate surface area is 187 Å². The van der Waals surface area contributed by atoms with Crippen LogP contribution in [0.2, 0.25) is 0 Å². The predicted molar refractivity (Wildman–Crippen MR) is 125 cm³/mol. The second-order valence-electron chi connectivity index (χ2n) is 7.55. The summed E-state index contributed by atoms with van der Waals surface area (Å²) < 4.78 is 5.35. The summed E-state index contributed by atoms with van der Waals surface area (Å²) in [6.45, 7) is 2.49. The van der Waals surface area contributed by atoms with E-state index in [2.05, 4.69) is 12.1 Å². The van der Waals surface area contributed by atoms with E-state index in [1.165, 1.54) is 0 Å². The van der Waals surface area contributed by atoms with Crippen molar-refractivity contribution in [2.75, 3.05) is 45.3 Å². The molecule has 1 amide bonds. The van der Waals surface area contributed by atoms with Crippen molar-refractivity contribution in [2.24, 2.45) is 0 Å². The Morgan fingerprint density at radius 1 is 1.03 bits per heavy atom. The van der Waals surface area contributed by atoms with Gasteiger partial charge in [0.05, 0.1) is 18.9 Å². The number of anilines is 1. The molecule has 160 valence electrons. The third kappa shape index (κ3) is 5.42. The Balaban J connectivity index is 1.51. The molecule has 1 fully saturated rings. The second kappa shape index (κ2) is 9.94. The number of benzene rings is 2. The molecule has 0 N–H and O–H groups in total. The molecule has 0 radical (unpaired) electrons. The van der Waals surface area contributed by atoms with Gasteiger partial charge in [-0.05, 0) is 17.7 Å². The molecule has 1 aromatic heterocycles. The molecule has 0 aliphatic carbocycles. The van der Waals surface area contributed by atoms with E-state index in [9.17, 15) is 4.79 Å². The average molecular weight is 435 g/mol. The van der Waals surface area contributed by atoms with E-state index in [0.29, 0.717) is 37.6 Å². The molecule has 31 heavy (non-hydrogen) atoms. The lowest BCUT2D eigenvalue weighted by atomic mass is 10.1. The van der Waals surface area contributed by atoms with Crippen LogP contribution in [-0.2, 0) is 10.5 Å². The van der Waals surface area contributed by atoms with Crippen LogP contribution in [0.5, 0.6) is 0 Å². The van der Waals surface area contributed by atoms with Gasteiger partial charge in [-0.2, -0.15) is 0 Å². The third-order valence-corrected chi connectivity index (χ3v) is 5.98. The Morgan fingerprint density at radius 3 is 2.55 bits per heavy atom. The Hall–Kier alpha value is -2.90. The highest BCUT2D eigenvalue weighted by Crippen LogP contribution is 2.27. The maximum atomic E-state index is 12.8. The molecule has 0 spiro atoms. The molecular weight excluding hydrogens is 408 g/mol. The zero-order valence-corrected chi connectivity index (χ0v) is 18.6. The summed E-state index contributed by atoms with van der Waals surface area (Å²) in [7, 11) is 3.96. The molecule has 4 rings (SSSR count). The number of aromatic nitrogens is 2. The average Bonchev–Trinajstić information content (AvgIpc) is 2.83. The van der Waals surface area contributed by atoms with E-state index in [0.717, 1.165) is 27.8 Å². The van der Waals surface area contributed by atoms with Crippen LogP contribution in [0.25, 0.3) is 11.3 Å². The predicted octanol–water partition coefficient (Wildman–Crippen LogP) is 3.97. The molecule has 7 heteroatoms. The van der Waals surface area contributed by atoms with E-state index in [1.54, 1.807) is 11.8 Å². The second-order valence-corrected chi connectivity index (χ2v) is 8.49. The minimum absolute atomic E-state index is 0.0624. The smallest absolute Gasteiger partial charge is 0.254 e. The van der Waals surface area contributed by atoms with Crippen molar-refractivity contribution in [2.45, 2.75) is 10.9 Å². The molecule has 1 saturated heterocycles. The van der Waals surface area contributed by atoms with Gasteiger partial charge in [-0.25, -0.2) is 9.97 Å². The van der Waals surface area contributed by atoms with Gasteiger partial charge in [-0.15, -0.1) is 0 Å². The van der Waals surface area contributed by atoms with Gasteiger partial charge in [0.1, 0.15) is 5.82 Å². The summed E-state index contributed by atoms with van der Waals surface area (Å²) in [6.07, 6.45) is 0. The van der Waals surface area contributed by atoms with Crippen molar-refractivity contribution in [3.8, 4) is 11.3 Å². The normalized spacial score (nSPS) is 13.8. The number of carbonyl (C=O) groups excluding carboxylic acids is 1. The summed E-state index contributed by atoms with van der Waals surface area (Å²) in [4.78, 5) is 26.1. The van der Waals surface area contributed by atoms with Gasteiger partial charge < -0.3 is 14.5 Å². The van der Waals surface area contributed by atoms with Crippen LogP contribution in [0.4, 0.5) is 5.82 Å². The summed E-state index contributed by atoms with van der Waals surface area (Å²) in [5.41, 5.74) is 3.75. The van der Waals surface area contributed by atoms with E-state index < -0.39 is 0 Å². The van der Waals surface area contributed by atoms with Crippen LogP contribution in [-0.4, -0.2) is 61.2 Å². The Bertz CT molecular complexity index is 1040. The van der Waals surface area contributed by atoms with Gasteiger partial charge in [0, 0.05) is 50.1 Å². The van der Waals surface area contributed by atoms with Gasteiger partial charge in [-0.1, -0.05) is 54.2 Å². The first-order valence-electron chi connectivity index (χ1n) is 10.3. The van der Waals surface area contributed by atoms with E-state index in [1.807, 2.05) is 72.4 Å². The van der Waals surface area contributed by atoms with Crippen molar-refractivity contribution in [1.82, 2.24) is 14.9 Å². The monoisotopic (exact) mass is 434 g/mol. The van der Waals surface area contributed by atoms with Gasteiger partial charge in [0.2, 0.25) is 0 Å². The zero-order valence-electron chi connectivity index (χ0n) is 17.8. The van der Waals surface area contributed by atoms with E-state index >= 15 is 0 Å². The Morgan fingerprint density at radius 2 is 1.81 bits per heavy atom. The molecule has 1 aliphatic rings. The summed E-state index contributed by atoms with van der Waals surface area (Å²) >= 11 is 1.58. The number of nitrogens with zero attached hydrogens (tertiary/aromatic N) is 4. The minimum Gasteiger partial charge on any atom is -0.378 e. The first-order valence-corrected chi connectivity index (χ1v) is 11.3. The highest BCUT2D eigenvalue weighted by Gasteiger charge is 2.18. The van der Waals surface area contributed by atoms with Crippen molar-refractivity contribution < 1.29 is 9.53 Å².